The van der Waals surface area contributed by atoms with Crippen molar-refractivity contribution in [3.63, 3.8) is 0 Å². The van der Waals surface area contributed by atoms with E-state index >= 15 is 0 Å². The summed E-state index contributed by atoms with van der Waals surface area (Å²) < 4.78 is 22.2. The van der Waals surface area contributed by atoms with Crippen LogP contribution in [0.25, 0.3) is 0 Å². The van der Waals surface area contributed by atoms with Crippen molar-refractivity contribution in [1.82, 2.24) is 0 Å². The Morgan fingerprint density at radius 2 is 1.72 bits per heavy atom. The van der Waals surface area contributed by atoms with Crippen molar-refractivity contribution in [2.24, 2.45) is 5.92 Å². The van der Waals surface area contributed by atoms with Crippen LogP contribution in [0.3, 0.4) is 0 Å². The normalized spacial score (nSPS) is 29.8. The van der Waals surface area contributed by atoms with E-state index in [0.29, 0.717) is 11.1 Å². The summed E-state index contributed by atoms with van der Waals surface area (Å²) >= 11 is 0. The highest BCUT2D eigenvalue weighted by molar-refractivity contribution is 5.97. The summed E-state index contributed by atoms with van der Waals surface area (Å²) in [5, 5.41) is 0. The first-order valence-corrected chi connectivity index (χ1v) is 10.6. The fourth-order valence-corrected chi connectivity index (χ4v) is 3.83. The number of hydrogen-bond acceptors (Lipinski definition) is 8. The fraction of sp³-hybridized carbons (Fsp3) is 0.583. The molecule has 2 aliphatic rings. The average Bonchev–Trinajstić information content (AvgIpc) is 3.40. The van der Waals surface area contributed by atoms with E-state index in [1.807, 2.05) is 19.9 Å². The van der Waals surface area contributed by atoms with Crippen LogP contribution < -0.4 is 0 Å². The van der Waals surface area contributed by atoms with Gasteiger partial charge in [0.1, 0.15) is 18.3 Å². The van der Waals surface area contributed by atoms with Crippen molar-refractivity contribution in [3.8, 4) is 0 Å². The molecule has 8 nitrogen and oxygen atoms in total. The molecule has 176 valence electrons. The minimum absolute atomic E-state index is 0.289. The van der Waals surface area contributed by atoms with Crippen molar-refractivity contribution in [2.75, 3.05) is 0 Å². The largest absolute Gasteiger partial charge is 0.459 e. The molecule has 2 rings (SSSR count). The smallest absolute Gasteiger partial charge is 0.333 e. The summed E-state index contributed by atoms with van der Waals surface area (Å²) in [4.78, 5) is 49.3. The van der Waals surface area contributed by atoms with Gasteiger partial charge in [-0.2, -0.15) is 0 Å². The second kappa shape index (κ2) is 9.81. The lowest BCUT2D eigenvalue weighted by Gasteiger charge is -2.38. The molecule has 6 atom stereocenters. The first kappa shape index (κ1) is 25.5. The molecule has 1 aliphatic carbocycles. The molecule has 2 fully saturated rings. The van der Waals surface area contributed by atoms with Gasteiger partial charge in [0.25, 0.3) is 0 Å². The van der Waals surface area contributed by atoms with Crippen LogP contribution in [0.4, 0.5) is 0 Å². The molecule has 8 heteroatoms. The summed E-state index contributed by atoms with van der Waals surface area (Å²) in [6.45, 7) is 15.2. The summed E-state index contributed by atoms with van der Waals surface area (Å²) in [5.41, 5.74) is 0.492. The second-order valence-electron chi connectivity index (χ2n) is 8.60. The molecule has 0 N–H and O–H groups in total. The monoisotopic (exact) mass is 448 g/mol. The third-order valence-corrected chi connectivity index (χ3v) is 5.76. The number of allylic oxidation sites excluding steroid dienone is 2. The van der Waals surface area contributed by atoms with E-state index in [1.54, 1.807) is 26.8 Å². The molecule has 1 saturated carbocycles. The maximum Gasteiger partial charge on any atom is 0.333 e. The minimum Gasteiger partial charge on any atom is -0.459 e. The predicted octanol–water partition coefficient (Wildman–Crippen LogP) is 3.00. The number of ether oxygens (including phenoxy) is 4. The van der Waals surface area contributed by atoms with Gasteiger partial charge in [-0.1, -0.05) is 24.3 Å². The lowest BCUT2D eigenvalue weighted by atomic mass is 9.72. The first-order valence-electron chi connectivity index (χ1n) is 10.6. The first-order chi connectivity index (χ1) is 14.8. The Bertz CT molecular complexity index is 878. The highest BCUT2D eigenvalue weighted by Gasteiger charge is 2.72. The standard InChI is InChI=1S/C24H32O8/c1-9-13(4)23(28)31-17(11-10-12(2)3)14(5)18-19(29-15(6)25)21(27)24(8)22(32-24)20(18)30-16(7)26/h9-10,17-20,22H,5,11H2,1-4,6-8H3/b13-9+/t17?,18-,19-,20+,22-,24+/m1/s1. The Kier molecular flexibility index (Phi) is 7.83. The van der Waals surface area contributed by atoms with E-state index in [0.717, 1.165) is 5.57 Å². The zero-order valence-corrected chi connectivity index (χ0v) is 19.7. The summed E-state index contributed by atoms with van der Waals surface area (Å²) in [7, 11) is 0. The van der Waals surface area contributed by atoms with E-state index in [1.165, 1.54) is 13.8 Å². The summed E-state index contributed by atoms with van der Waals surface area (Å²) in [6, 6.07) is 0. The van der Waals surface area contributed by atoms with E-state index in [4.69, 9.17) is 18.9 Å². The molecular weight excluding hydrogens is 416 g/mol. The molecule has 0 amide bonds. The molecule has 32 heavy (non-hydrogen) atoms. The SMILES string of the molecule is C=C(C(CC=C(C)C)OC(=O)/C(C)=C/C)[C@H]1[C@H](OC(C)=O)[C@H]2O[C@@]2(C)C(=O)[C@@H]1OC(C)=O. The Morgan fingerprint density at radius 1 is 1.12 bits per heavy atom. The lowest BCUT2D eigenvalue weighted by Crippen LogP contribution is -2.56. The van der Waals surface area contributed by atoms with Gasteiger partial charge in [-0.15, -0.1) is 0 Å². The van der Waals surface area contributed by atoms with Gasteiger partial charge in [-0.25, -0.2) is 4.79 Å². The van der Waals surface area contributed by atoms with Crippen molar-refractivity contribution in [3.05, 3.63) is 35.5 Å². The molecule has 0 spiro atoms. The molecule has 1 heterocycles. The number of carbonyl (C=O) groups is 4. The molecule has 0 aromatic carbocycles. The number of rotatable bonds is 8. The summed E-state index contributed by atoms with van der Waals surface area (Å²) in [5.74, 6) is -3.17. The molecule has 0 bridgehead atoms. The Balaban J connectivity index is 2.49. The van der Waals surface area contributed by atoms with E-state index in [9.17, 15) is 19.2 Å². The summed E-state index contributed by atoms with van der Waals surface area (Å²) in [6.07, 6.45) is 0.0234. The van der Waals surface area contributed by atoms with Crippen LogP contribution in [0, 0.1) is 5.92 Å². The third-order valence-electron chi connectivity index (χ3n) is 5.76. The van der Waals surface area contributed by atoms with Crippen molar-refractivity contribution in [2.45, 2.75) is 84.9 Å². The van der Waals surface area contributed by atoms with E-state index < -0.39 is 59.6 Å². The van der Waals surface area contributed by atoms with Crippen LogP contribution in [0.5, 0.6) is 0 Å². The van der Waals surface area contributed by atoms with Gasteiger partial charge in [0.05, 0.1) is 5.92 Å². The average molecular weight is 449 g/mol. The minimum atomic E-state index is -1.29. The van der Waals surface area contributed by atoms with Crippen molar-refractivity contribution >= 4 is 23.7 Å². The molecule has 1 saturated heterocycles. The Morgan fingerprint density at radius 3 is 2.22 bits per heavy atom. The van der Waals surface area contributed by atoms with Crippen molar-refractivity contribution < 1.29 is 38.1 Å². The van der Waals surface area contributed by atoms with Crippen LogP contribution in [0.1, 0.15) is 54.9 Å². The van der Waals surface area contributed by atoms with Crippen LogP contribution in [0.2, 0.25) is 0 Å². The van der Waals surface area contributed by atoms with Crippen molar-refractivity contribution in [1.29, 1.82) is 0 Å². The fourth-order valence-electron chi connectivity index (χ4n) is 3.83. The Hall–Kier alpha value is -2.74. The molecule has 1 aliphatic heterocycles. The molecule has 0 radical (unpaired) electrons. The maximum absolute atomic E-state index is 13.1. The van der Waals surface area contributed by atoms with Crippen LogP contribution in [-0.4, -0.2) is 53.7 Å². The lowest BCUT2D eigenvalue weighted by molar-refractivity contribution is -0.168. The van der Waals surface area contributed by atoms with E-state index in [-0.39, 0.29) is 6.42 Å². The van der Waals surface area contributed by atoms with Gasteiger partial charge < -0.3 is 18.9 Å². The zero-order valence-electron chi connectivity index (χ0n) is 19.7. The predicted molar refractivity (Wildman–Crippen MR) is 115 cm³/mol. The Labute approximate surface area is 188 Å². The number of fused-ring (bicyclic) bond motifs is 1. The number of epoxide rings is 1. The van der Waals surface area contributed by atoms with Gasteiger partial charge in [0, 0.05) is 25.8 Å². The van der Waals surface area contributed by atoms with Gasteiger partial charge in [0.15, 0.2) is 11.7 Å². The number of hydrogen-bond donors (Lipinski definition) is 0. The molecular formula is C24H32O8. The molecule has 0 aromatic heterocycles. The maximum atomic E-state index is 13.1. The van der Waals surface area contributed by atoms with E-state index in [2.05, 4.69) is 6.58 Å². The second-order valence-corrected chi connectivity index (χ2v) is 8.60. The molecule has 1 unspecified atom stereocenters. The van der Waals surface area contributed by atoms with Gasteiger partial charge in [-0.3, -0.25) is 14.4 Å². The highest BCUT2D eigenvalue weighted by atomic mass is 16.7. The van der Waals surface area contributed by atoms with Gasteiger partial charge >= 0.3 is 17.9 Å². The van der Waals surface area contributed by atoms with Gasteiger partial charge in [-0.05, 0) is 40.2 Å². The molecule has 0 aromatic rings. The highest BCUT2D eigenvalue weighted by Crippen LogP contribution is 2.51. The number of ketones is 1. The topological polar surface area (TPSA) is 108 Å². The van der Waals surface area contributed by atoms with Crippen LogP contribution >= 0.6 is 0 Å². The number of esters is 3. The zero-order chi connectivity index (χ0) is 24.4. The number of Topliss-reactive ketones (excluding diaryl/α,β-unsaturated/α-hetero) is 1. The number of carbonyl (C=O) groups excluding carboxylic acids is 4. The van der Waals surface area contributed by atoms with Gasteiger partial charge in [0.2, 0.25) is 5.78 Å². The third kappa shape index (κ3) is 5.35. The van der Waals surface area contributed by atoms with Crippen LogP contribution in [0.15, 0.2) is 35.5 Å². The quantitative estimate of drug-likeness (QED) is 0.183. The van der Waals surface area contributed by atoms with Crippen LogP contribution in [-0.2, 0) is 38.1 Å².